The average molecular weight is 300 g/mol. The van der Waals surface area contributed by atoms with E-state index in [-0.39, 0.29) is 13.4 Å². The molecular weight excluding hydrogens is 284 g/mol. The molecule has 0 radical (unpaired) electrons. The highest BCUT2D eigenvalue weighted by Gasteiger charge is 2.15. The second-order valence-corrected chi connectivity index (χ2v) is 4.98. The van der Waals surface area contributed by atoms with Crippen molar-refractivity contribution < 1.29 is 23.7 Å². The van der Waals surface area contributed by atoms with Crippen molar-refractivity contribution in [2.24, 2.45) is 0 Å². The normalized spacial score (nSPS) is 12.1. The third kappa shape index (κ3) is 2.98. The van der Waals surface area contributed by atoms with E-state index >= 15 is 0 Å². The molecule has 0 unspecified atom stereocenters. The van der Waals surface area contributed by atoms with E-state index < -0.39 is 5.97 Å². The molecule has 2 aromatic carbocycles. The van der Waals surface area contributed by atoms with Crippen LogP contribution in [0.1, 0.15) is 11.1 Å². The number of aryl methyl sites for hydroxylation is 1. The molecule has 0 aromatic heterocycles. The molecule has 0 aliphatic carbocycles. The zero-order valence-electron chi connectivity index (χ0n) is 12.4. The van der Waals surface area contributed by atoms with E-state index in [1.54, 1.807) is 18.2 Å². The van der Waals surface area contributed by atoms with Gasteiger partial charge in [-0.05, 0) is 43.2 Å². The molecule has 1 heterocycles. The molecule has 0 bridgehead atoms. The van der Waals surface area contributed by atoms with E-state index in [1.165, 1.54) is 0 Å². The monoisotopic (exact) mass is 300 g/mol. The molecule has 0 fully saturated rings. The molecule has 3 rings (SSSR count). The van der Waals surface area contributed by atoms with Crippen LogP contribution in [-0.2, 0) is 4.79 Å². The van der Waals surface area contributed by atoms with Gasteiger partial charge in [-0.1, -0.05) is 12.1 Å². The summed E-state index contributed by atoms with van der Waals surface area (Å²) in [4.78, 5) is 11.9. The molecule has 0 N–H and O–H groups in total. The van der Waals surface area contributed by atoms with Gasteiger partial charge in [0.05, 0.1) is 0 Å². The molecule has 0 spiro atoms. The van der Waals surface area contributed by atoms with Crippen LogP contribution in [0.3, 0.4) is 0 Å². The van der Waals surface area contributed by atoms with E-state index in [9.17, 15) is 4.79 Å². The molecule has 2 aromatic rings. The van der Waals surface area contributed by atoms with Crippen LogP contribution in [0.2, 0.25) is 0 Å². The Labute approximate surface area is 128 Å². The van der Waals surface area contributed by atoms with Crippen LogP contribution in [0.5, 0.6) is 23.0 Å². The molecule has 0 amide bonds. The van der Waals surface area contributed by atoms with Crippen molar-refractivity contribution in [3.63, 3.8) is 0 Å². The fourth-order valence-electron chi connectivity index (χ4n) is 2.12. The van der Waals surface area contributed by atoms with E-state index in [1.807, 2.05) is 32.0 Å². The molecule has 0 atom stereocenters. The minimum Gasteiger partial charge on any atom is -0.482 e. The summed E-state index contributed by atoms with van der Waals surface area (Å²) in [7, 11) is 0. The predicted molar refractivity (Wildman–Crippen MR) is 79.6 cm³/mol. The smallest absolute Gasteiger partial charge is 0.349 e. The molecule has 22 heavy (non-hydrogen) atoms. The van der Waals surface area contributed by atoms with E-state index in [4.69, 9.17) is 18.9 Å². The molecule has 1 aliphatic heterocycles. The van der Waals surface area contributed by atoms with E-state index in [2.05, 4.69) is 0 Å². The Morgan fingerprint density at radius 1 is 1.14 bits per heavy atom. The Kier molecular flexibility index (Phi) is 3.87. The zero-order chi connectivity index (χ0) is 15.5. The van der Waals surface area contributed by atoms with E-state index in [0.29, 0.717) is 23.0 Å². The summed E-state index contributed by atoms with van der Waals surface area (Å²) in [6.07, 6.45) is 0. The first-order chi connectivity index (χ1) is 10.6. The Morgan fingerprint density at radius 2 is 1.95 bits per heavy atom. The van der Waals surface area contributed by atoms with Crippen LogP contribution >= 0.6 is 0 Å². The second-order valence-electron chi connectivity index (χ2n) is 4.98. The van der Waals surface area contributed by atoms with Gasteiger partial charge in [0.25, 0.3) is 0 Å². The molecule has 0 saturated heterocycles. The molecule has 5 heteroatoms. The van der Waals surface area contributed by atoms with Crippen molar-refractivity contribution in [2.75, 3.05) is 13.4 Å². The lowest BCUT2D eigenvalue weighted by molar-refractivity contribution is -0.136. The van der Waals surface area contributed by atoms with E-state index in [0.717, 1.165) is 11.1 Å². The van der Waals surface area contributed by atoms with Crippen LogP contribution in [0.15, 0.2) is 36.4 Å². The maximum absolute atomic E-state index is 11.9. The van der Waals surface area contributed by atoms with Crippen molar-refractivity contribution in [3.05, 3.63) is 47.5 Å². The minimum absolute atomic E-state index is 0.154. The predicted octanol–water partition coefficient (Wildman–Crippen LogP) is 3.02. The summed E-state index contributed by atoms with van der Waals surface area (Å²) in [5, 5.41) is 0. The molecular formula is C17H16O5. The van der Waals surface area contributed by atoms with Gasteiger partial charge >= 0.3 is 5.97 Å². The molecule has 114 valence electrons. The van der Waals surface area contributed by atoms with Gasteiger partial charge in [-0.2, -0.15) is 0 Å². The fraction of sp³-hybridized carbons (Fsp3) is 0.235. The molecule has 0 saturated carbocycles. The number of ether oxygens (including phenoxy) is 4. The number of carbonyl (C=O) groups excluding carboxylic acids is 1. The van der Waals surface area contributed by atoms with Gasteiger partial charge < -0.3 is 18.9 Å². The number of hydrogen-bond donors (Lipinski definition) is 0. The van der Waals surface area contributed by atoms with Crippen molar-refractivity contribution in [3.8, 4) is 23.0 Å². The average Bonchev–Trinajstić information content (AvgIpc) is 2.96. The first-order valence-electron chi connectivity index (χ1n) is 6.93. The fourth-order valence-corrected chi connectivity index (χ4v) is 2.12. The van der Waals surface area contributed by atoms with Gasteiger partial charge in [0.15, 0.2) is 18.1 Å². The van der Waals surface area contributed by atoms with Gasteiger partial charge in [-0.3, -0.25) is 0 Å². The summed E-state index contributed by atoms with van der Waals surface area (Å²) in [5.74, 6) is 1.83. The van der Waals surface area contributed by atoms with Crippen LogP contribution < -0.4 is 18.9 Å². The topological polar surface area (TPSA) is 54.0 Å². The Morgan fingerprint density at radius 3 is 2.82 bits per heavy atom. The van der Waals surface area contributed by atoms with Crippen LogP contribution in [0.25, 0.3) is 0 Å². The Balaban J connectivity index is 1.60. The summed E-state index contributed by atoms with van der Waals surface area (Å²) < 4.78 is 21.2. The molecule has 5 nitrogen and oxygen atoms in total. The number of hydrogen-bond acceptors (Lipinski definition) is 5. The summed E-state index contributed by atoms with van der Waals surface area (Å²) >= 11 is 0. The second kappa shape index (κ2) is 5.97. The van der Waals surface area contributed by atoms with Gasteiger partial charge in [0.2, 0.25) is 6.79 Å². The third-order valence-corrected chi connectivity index (χ3v) is 3.48. The number of rotatable bonds is 4. The van der Waals surface area contributed by atoms with Gasteiger partial charge in [0, 0.05) is 6.07 Å². The van der Waals surface area contributed by atoms with Crippen LogP contribution in [-0.4, -0.2) is 19.4 Å². The van der Waals surface area contributed by atoms with Gasteiger partial charge in [0.1, 0.15) is 11.5 Å². The Hall–Kier alpha value is -2.69. The number of benzene rings is 2. The lowest BCUT2D eigenvalue weighted by Crippen LogP contribution is -2.18. The maximum Gasteiger partial charge on any atom is 0.349 e. The SMILES string of the molecule is Cc1cccc(OCC(=O)Oc2ccc3c(c2)OCO3)c1C. The van der Waals surface area contributed by atoms with Gasteiger partial charge in [-0.15, -0.1) is 0 Å². The highest BCUT2D eigenvalue weighted by atomic mass is 16.7. The first kappa shape index (κ1) is 14.3. The number of carbonyl (C=O) groups is 1. The quantitative estimate of drug-likeness (QED) is 0.642. The third-order valence-electron chi connectivity index (χ3n) is 3.48. The van der Waals surface area contributed by atoms with Crippen molar-refractivity contribution in [1.82, 2.24) is 0 Å². The number of esters is 1. The summed E-state index contributed by atoms with van der Waals surface area (Å²) in [6, 6.07) is 10.7. The highest BCUT2D eigenvalue weighted by Crippen LogP contribution is 2.35. The van der Waals surface area contributed by atoms with Crippen LogP contribution in [0.4, 0.5) is 0 Å². The lowest BCUT2D eigenvalue weighted by Gasteiger charge is -2.10. The van der Waals surface area contributed by atoms with Crippen molar-refractivity contribution in [1.29, 1.82) is 0 Å². The summed E-state index contributed by atoms with van der Waals surface area (Å²) in [5.41, 5.74) is 2.13. The Bertz CT molecular complexity index is 708. The van der Waals surface area contributed by atoms with Crippen molar-refractivity contribution in [2.45, 2.75) is 13.8 Å². The largest absolute Gasteiger partial charge is 0.482 e. The lowest BCUT2D eigenvalue weighted by atomic mass is 10.1. The highest BCUT2D eigenvalue weighted by molar-refractivity contribution is 5.74. The zero-order valence-corrected chi connectivity index (χ0v) is 12.4. The van der Waals surface area contributed by atoms with Crippen molar-refractivity contribution >= 4 is 5.97 Å². The minimum atomic E-state index is -0.472. The molecule has 1 aliphatic rings. The van der Waals surface area contributed by atoms with Gasteiger partial charge in [-0.25, -0.2) is 4.79 Å². The first-order valence-corrected chi connectivity index (χ1v) is 6.93. The maximum atomic E-state index is 11.9. The van der Waals surface area contributed by atoms with Crippen LogP contribution in [0, 0.1) is 13.8 Å². The number of fused-ring (bicyclic) bond motifs is 1. The standard InChI is InChI=1S/C17H16O5/c1-11-4-3-5-14(12(11)2)19-9-17(18)22-13-6-7-15-16(8-13)21-10-20-15/h3-8H,9-10H2,1-2H3. The summed E-state index contributed by atoms with van der Waals surface area (Å²) in [6.45, 7) is 3.97.